The van der Waals surface area contributed by atoms with E-state index in [2.05, 4.69) is 30.2 Å². The van der Waals surface area contributed by atoms with E-state index in [-0.39, 0.29) is 5.82 Å². The second-order valence-electron chi connectivity index (χ2n) is 4.33. The van der Waals surface area contributed by atoms with Gasteiger partial charge < -0.3 is 4.90 Å². The number of hydrogen-bond acceptors (Lipinski definition) is 7. The van der Waals surface area contributed by atoms with Crippen LogP contribution >= 0.6 is 11.5 Å². The summed E-state index contributed by atoms with van der Waals surface area (Å²) in [4.78, 5) is 2.88. The van der Waals surface area contributed by atoms with Crippen LogP contribution in [0, 0.1) is 5.82 Å². The van der Waals surface area contributed by atoms with Crippen molar-refractivity contribution in [1.82, 2.24) is 30.2 Å². The fourth-order valence-electron chi connectivity index (χ4n) is 1.96. The molecule has 0 atom stereocenters. The summed E-state index contributed by atoms with van der Waals surface area (Å²) >= 11 is 1.30. The Hall–Kier alpha value is -2.42. The predicted molar refractivity (Wildman–Crippen MR) is 75.2 cm³/mol. The Morgan fingerprint density at radius 1 is 1.29 bits per heavy atom. The minimum Gasteiger partial charge on any atom is -0.363 e. The average molecular weight is 305 g/mol. The molecule has 2 aromatic heterocycles. The van der Waals surface area contributed by atoms with Crippen LogP contribution in [0.3, 0.4) is 0 Å². The van der Waals surface area contributed by atoms with Crippen LogP contribution in [0.4, 0.5) is 10.1 Å². The van der Waals surface area contributed by atoms with E-state index in [0.29, 0.717) is 31.0 Å². The summed E-state index contributed by atoms with van der Waals surface area (Å²) in [5.74, 6) is 0.335. The van der Waals surface area contributed by atoms with E-state index in [4.69, 9.17) is 0 Å². The lowest BCUT2D eigenvalue weighted by atomic mass is 10.2. The minimum atomic E-state index is -0.261. The van der Waals surface area contributed by atoms with Gasteiger partial charge >= 0.3 is 0 Å². The molecule has 21 heavy (non-hydrogen) atoms. The van der Waals surface area contributed by atoms with Gasteiger partial charge in [-0.05, 0) is 23.7 Å². The molecule has 3 rings (SSSR count). The third kappa shape index (κ3) is 3.37. The van der Waals surface area contributed by atoms with Crippen molar-refractivity contribution in [3.05, 3.63) is 47.0 Å². The van der Waals surface area contributed by atoms with Gasteiger partial charge in [0, 0.05) is 13.0 Å². The molecule has 0 saturated heterocycles. The molecule has 0 fully saturated rings. The molecular formula is C12H12FN7S. The first kappa shape index (κ1) is 13.6. The number of nitrogens with zero attached hydrogens (tertiary/aromatic N) is 6. The molecule has 0 aliphatic heterocycles. The highest BCUT2D eigenvalue weighted by atomic mass is 32.1. The van der Waals surface area contributed by atoms with E-state index in [1.807, 2.05) is 11.0 Å². The molecule has 0 bridgehead atoms. The molecule has 0 radical (unpaired) electrons. The second-order valence-corrected chi connectivity index (χ2v) is 5.21. The number of tetrazole rings is 1. The lowest BCUT2D eigenvalue weighted by Gasteiger charge is -2.23. The van der Waals surface area contributed by atoms with Gasteiger partial charge in [0.2, 0.25) is 0 Å². The van der Waals surface area contributed by atoms with Gasteiger partial charge in [0.15, 0.2) is 5.82 Å². The molecular weight excluding hydrogens is 293 g/mol. The molecule has 1 N–H and O–H groups in total. The summed E-state index contributed by atoms with van der Waals surface area (Å²) in [6.45, 7) is 1.11. The summed E-state index contributed by atoms with van der Waals surface area (Å²) in [6, 6.07) is 6.68. The first-order valence-electron chi connectivity index (χ1n) is 6.31. The molecule has 7 nitrogen and oxygen atoms in total. The third-order valence-corrected chi connectivity index (χ3v) is 3.59. The van der Waals surface area contributed by atoms with Gasteiger partial charge in [0.25, 0.3) is 0 Å². The zero-order chi connectivity index (χ0) is 14.5. The average Bonchev–Trinajstić information content (AvgIpc) is 3.18. The largest absolute Gasteiger partial charge is 0.363 e. The smallest absolute Gasteiger partial charge is 0.176 e. The Kier molecular flexibility index (Phi) is 4.10. The van der Waals surface area contributed by atoms with Crippen molar-refractivity contribution < 1.29 is 4.39 Å². The highest BCUT2D eigenvalue weighted by molar-refractivity contribution is 7.05. The normalized spacial score (nSPS) is 10.7. The quantitative estimate of drug-likeness (QED) is 0.742. The maximum Gasteiger partial charge on any atom is 0.176 e. The molecule has 0 saturated carbocycles. The Balaban J connectivity index is 1.78. The van der Waals surface area contributed by atoms with Gasteiger partial charge in [-0.1, -0.05) is 21.8 Å². The maximum absolute atomic E-state index is 14.0. The SMILES string of the molecule is Fc1ccccc1N(CCc1nn[nH]n1)Cc1cnns1. The van der Waals surface area contributed by atoms with Gasteiger partial charge in [0.1, 0.15) is 5.82 Å². The maximum atomic E-state index is 14.0. The van der Waals surface area contributed by atoms with Crippen molar-refractivity contribution in [2.45, 2.75) is 13.0 Å². The van der Waals surface area contributed by atoms with E-state index in [1.165, 1.54) is 17.6 Å². The van der Waals surface area contributed by atoms with Gasteiger partial charge in [-0.3, -0.25) is 0 Å². The van der Waals surface area contributed by atoms with Crippen molar-refractivity contribution in [1.29, 1.82) is 0 Å². The van der Waals surface area contributed by atoms with Crippen LogP contribution in [0.25, 0.3) is 0 Å². The van der Waals surface area contributed by atoms with Crippen molar-refractivity contribution in [3.8, 4) is 0 Å². The third-order valence-electron chi connectivity index (χ3n) is 2.94. The van der Waals surface area contributed by atoms with Crippen LogP contribution in [-0.2, 0) is 13.0 Å². The standard InChI is InChI=1S/C12H12FN7S/c13-10-3-1-2-4-11(10)20(8-9-7-14-19-21-9)6-5-12-15-17-18-16-12/h1-4,7H,5-6,8H2,(H,15,16,17,18). The van der Waals surface area contributed by atoms with Gasteiger partial charge in [-0.2, -0.15) is 5.21 Å². The molecule has 0 unspecified atom stereocenters. The van der Waals surface area contributed by atoms with Crippen LogP contribution in [0.1, 0.15) is 10.7 Å². The molecule has 108 valence electrons. The minimum absolute atomic E-state index is 0.261. The fourth-order valence-corrected chi connectivity index (χ4v) is 2.47. The highest BCUT2D eigenvalue weighted by Crippen LogP contribution is 2.21. The lowest BCUT2D eigenvalue weighted by molar-refractivity contribution is 0.614. The molecule has 1 aromatic carbocycles. The van der Waals surface area contributed by atoms with Crippen LogP contribution in [0.15, 0.2) is 30.5 Å². The van der Waals surface area contributed by atoms with Crippen molar-refractivity contribution >= 4 is 17.2 Å². The number of para-hydroxylation sites is 1. The molecule has 2 heterocycles. The Morgan fingerprint density at radius 3 is 2.90 bits per heavy atom. The van der Waals surface area contributed by atoms with E-state index in [9.17, 15) is 4.39 Å². The highest BCUT2D eigenvalue weighted by Gasteiger charge is 2.14. The summed E-state index contributed by atoms with van der Waals surface area (Å²) in [6.07, 6.45) is 2.25. The summed E-state index contributed by atoms with van der Waals surface area (Å²) in [7, 11) is 0. The zero-order valence-corrected chi connectivity index (χ0v) is 11.8. The Labute approximate surface area is 124 Å². The molecule has 0 aliphatic rings. The first-order valence-corrected chi connectivity index (χ1v) is 7.08. The van der Waals surface area contributed by atoms with Crippen molar-refractivity contribution in [2.75, 3.05) is 11.4 Å². The molecule has 0 spiro atoms. The Bertz CT molecular complexity index is 671. The summed E-state index contributed by atoms with van der Waals surface area (Å²) in [5, 5.41) is 17.6. The molecule has 0 amide bonds. The number of anilines is 1. The summed E-state index contributed by atoms with van der Waals surface area (Å²) in [5.41, 5.74) is 0.536. The van der Waals surface area contributed by atoms with Crippen LogP contribution in [0.2, 0.25) is 0 Å². The molecule has 3 aromatic rings. The van der Waals surface area contributed by atoms with Crippen LogP contribution in [0.5, 0.6) is 0 Å². The van der Waals surface area contributed by atoms with Crippen LogP contribution in [-0.4, -0.2) is 36.8 Å². The van der Waals surface area contributed by atoms with E-state index < -0.39 is 0 Å². The monoisotopic (exact) mass is 305 g/mol. The topological polar surface area (TPSA) is 83.5 Å². The Morgan fingerprint density at radius 2 is 2.19 bits per heavy atom. The van der Waals surface area contributed by atoms with Crippen molar-refractivity contribution in [3.63, 3.8) is 0 Å². The number of H-pyrrole nitrogens is 1. The second kappa shape index (κ2) is 6.35. The number of rotatable bonds is 6. The predicted octanol–water partition coefficient (Wildman–Crippen LogP) is 1.44. The van der Waals surface area contributed by atoms with Gasteiger partial charge in [-0.25, -0.2) is 4.39 Å². The zero-order valence-electron chi connectivity index (χ0n) is 11.0. The van der Waals surface area contributed by atoms with Gasteiger partial charge in [-0.15, -0.1) is 15.3 Å². The number of aromatic nitrogens is 6. The fraction of sp³-hybridized carbons (Fsp3) is 0.250. The van der Waals surface area contributed by atoms with Crippen LogP contribution < -0.4 is 4.90 Å². The van der Waals surface area contributed by atoms with E-state index >= 15 is 0 Å². The first-order chi connectivity index (χ1) is 10.3. The van der Waals surface area contributed by atoms with E-state index in [0.717, 1.165) is 4.88 Å². The number of benzene rings is 1. The molecule has 9 heteroatoms. The van der Waals surface area contributed by atoms with Crippen molar-refractivity contribution in [2.24, 2.45) is 0 Å². The number of halogens is 1. The number of nitrogens with one attached hydrogen (secondary N) is 1. The van der Waals surface area contributed by atoms with Gasteiger partial charge in [0.05, 0.1) is 23.3 Å². The van der Waals surface area contributed by atoms with E-state index in [1.54, 1.807) is 18.3 Å². The number of hydrogen-bond donors (Lipinski definition) is 1. The number of aromatic amines is 1. The molecule has 0 aliphatic carbocycles. The summed E-state index contributed by atoms with van der Waals surface area (Å²) < 4.78 is 17.8. The lowest BCUT2D eigenvalue weighted by Crippen LogP contribution is -2.26.